The van der Waals surface area contributed by atoms with Crippen molar-refractivity contribution in [2.75, 3.05) is 13.7 Å². The number of carbonyl (C=O) groups is 2. The Morgan fingerprint density at radius 1 is 1.31 bits per heavy atom. The van der Waals surface area contributed by atoms with Gasteiger partial charge in [0, 0.05) is 17.5 Å². The van der Waals surface area contributed by atoms with Gasteiger partial charge in [-0.1, -0.05) is 29.8 Å². The van der Waals surface area contributed by atoms with Gasteiger partial charge in [-0.3, -0.25) is 9.63 Å². The Balaban J connectivity index is 2.85. The monoisotopic (exact) mass is 382 g/mol. The fraction of sp³-hybridized carbons (Fsp3) is 0.474. The first-order valence-electron chi connectivity index (χ1n) is 8.34. The van der Waals surface area contributed by atoms with Crippen LogP contribution >= 0.6 is 11.6 Å². The highest BCUT2D eigenvalue weighted by atomic mass is 35.5. The van der Waals surface area contributed by atoms with Gasteiger partial charge in [-0.2, -0.15) is 0 Å². The Hall–Kier alpha value is -2.05. The van der Waals surface area contributed by atoms with Crippen molar-refractivity contribution >= 4 is 23.6 Å². The molecule has 0 fully saturated rings. The van der Waals surface area contributed by atoms with E-state index in [9.17, 15) is 9.59 Å². The number of alkyl carbamates (subject to hydrolysis) is 1. The van der Waals surface area contributed by atoms with Gasteiger partial charge < -0.3 is 10.1 Å². The standard InChI is InChI=1S/C19H27ClN2O4/c1-6-11-22(25-5)17(23)13-16(21-18(24)26-19(2,3)4)12-14-7-9-15(20)10-8-14/h6-10,16H,1,11-13H2,2-5H3,(H,21,24)/t16-/m0/s1. The molecule has 0 radical (unpaired) electrons. The van der Waals surface area contributed by atoms with E-state index in [-0.39, 0.29) is 18.9 Å². The van der Waals surface area contributed by atoms with Gasteiger partial charge in [-0.05, 0) is 44.9 Å². The van der Waals surface area contributed by atoms with E-state index in [4.69, 9.17) is 21.2 Å². The van der Waals surface area contributed by atoms with Crippen LogP contribution in [0.1, 0.15) is 32.8 Å². The number of hydrogen-bond donors (Lipinski definition) is 1. The molecular formula is C19H27ClN2O4. The molecule has 1 N–H and O–H groups in total. The van der Waals surface area contributed by atoms with Crippen LogP contribution in [0.5, 0.6) is 0 Å². The van der Waals surface area contributed by atoms with Crippen molar-refractivity contribution in [3.05, 3.63) is 47.5 Å². The van der Waals surface area contributed by atoms with Crippen LogP contribution in [0, 0.1) is 0 Å². The zero-order valence-corrected chi connectivity index (χ0v) is 16.5. The Morgan fingerprint density at radius 3 is 2.42 bits per heavy atom. The van der Waals surface area contributed by atoms with Crippen LogP contribution in [-0.4, -0.2) is 42.4 Å². The average molecular weight is 383 g/mol. The van der Waals surface area contributed by atoms with E-state index in [1.807, 2.05) is 12.1 Å². The van der Waals surface area contributed by atoms with Crippen molar-refractivity contribution in [3.8, 4) is 0 Å². The minimum Gasteiger partial charge on any atom is -0.444 e. The van der Waals surface area contributed by atoms with Crippen LogP contribution in [0.15, 0.2) is 36.9 Å². The third kappa shape index (κ3) is 8.36. The van der Waals surface area contributed by atoms with Crippen molar-refractivity contribution in [1.82, 2.24) is 10.4 Å². The molecule has 0 saturated heterocycles. The summed E-state index contributed by atoms with van der Waals surface area (Å²) in [5.74, 6) is -0.262. The molecule has 0 spiro atoms. The number of hydroxylamine groups is 2. The molecule has 0 saturated carbocycles. The lowest BCUT2D eigenvalue weighted by atomic mass is 10.0. The molecule has 0 aliphatic heterocycles. The van der Waals surface area contributed by atoms with Gasteiger partial charge in [0.25, 0.3) is 0 Å². The maximum atomic E-state index is 12.4. The molecule has 0 aromatic heterocycles. The molecule has 0 unspecified atom stereocenters. The van der Waals surface area contributed by atoms with Gasteiger partial charge in [-0.15, -0.1) is 6.58 Å². The van der Waals surface area contributed by atoms with Crippen LogP contribution in [0.4, 0.5) is 4.79 Å². The highest BCUT2D eigenvalue weighted by Crippen LogP contribution is 2.14. The fourth-order valence-corrected chi connectivity index (χ4v) is 2.39. The molecule has 144 valence electrons. The predicted molar refractivity (Wildman–Crippen MR) is 102 cm³/mol. The number of amides is 2. The predicted octanol–water partition coefficient (Wildman–Crippen LogP) is 3.74. The second-order valence-electron chi connectivity index (χ2n) is 6.80. The summed E-state index contributed by atoms with van der Waals surface area (Å²) in [7, 11) is 1.41. The normalized spacial score (nSPS) is 12.2. The summed E-state index contributed by atoms with van der Waals surface area (Å²) < 4.78 is 5.30. The van der Waals surface area contributed by atoms with Crippen LogP contribution in [0.25, 0.3) is 0 Å². The lowest BCUT2D eigenvalue weighted by molar-refractivity contribution is -0.173. The van der Waals surface area contributed by atoms with Gasteiger partial charge in [0.05, 0.1) is 13.7 Å². The van der Waals surface area contributed by atoms with Gasteiger partial charge >= 0.3 is 6.09 Å². The molecule has 1 rings (SSSR count). The molecular weight excluding hydrogens is 356 g/mol. The smallest absolute Gasteiger partial charge is 0.407 e. The van der Waals surface area contributed by atoms with Crippen molar-refractivity contribution in [2.45, 2.75) is 45.3 Å². The summed E-state index contributed by atoms with van der Waals surface area (Å²) in [6.07, 6.45) is 1.51. The molecule has 1 aromatic carbocycles. The van der Waals surface area contributed by atoms with E-state index in [0.29, 0.717) is 11.4 Å². The Morgan fingerprint density at radius 2 is 1.92 bits per heavy atom. The number of halogens is 1. The second kappa shape index (κ2) is 10.2. The van der Waals surface area contributed by atoms with Crippen molar-refractivity contribution < 1.29 is 19.2 Å². The summed E-state index contributed by atoms with van der Waals surface area (Å²) in [4.78, 5) is 29.6. The number of carbonyl (C=O) groups excluding carboxylic acids is 2. The van der Waals surface area contributed by atoms with Gasteiger partial charge in [0.1, 0.15) is 5.60 Å². The molecule has 1 aromatic rings. The summed E-state index contributed by atoms with van der Waals surface area (Å²) in [6, 6.07) is 6.79. The first-order valence-corrected chi connectivity index (χ1v) is 8.71. The van der Waals surface area contributed by atoms with Gasteiger partial charge in [-0.25, -0.2) is 9.86 Å². The number of nitrogens with one attached hydrogen (secondary N) is 1. The number of hydrogen-bond acceptors (Lipinski definition) is 4. The van der Waals surface area contributed by atoms with Crippen molar-refractivity contribution in [2.24, 2.45) is 0 Å². The SMILES string of the molecule is C=CCN(OC)C(=O)C[C@H](Cc1ccc(Cl)cc1)NC(=O)OC(C)(C)C. The van der Waals surface area contributed by atoms with E-state index in [1.54, 1.807) is 39.0 Å². The summed E-state index contributed by atoms with van der Waals surface area (Å²) in [5, 5.41) is 4.58. The fourth-order valence-electron chi connectivity index (χ4n) is 2.26. The first-order chi connectivity index (χ1) is 12.1. The molecule has 26 heavy (non-hydrogen) atoms. The average Bonchev–Trinajstić information content (AvgIpc) is 2.52. The number of ether oxygens (including phenoxy) is 1. The van der Waals surface area contributed by atoms with Gasteiger partial charge in [0.2, 0.25) is 5.91 Å². The first kappa shape index (κ1) is 22.0. The summed E-state index contributed by atoms with van der Waals surface area (Å²) in [5.41, 5.74) is 0.316. The lowest BCUT2D eigenvalue weighted by Crippen LogP contribution is -2.43. The quantitative estimate of drug-likeness (QED) is 0.549. The van der Waals surface area contributed by atoms with E-state index in [0.717, 1.165) is 5.56 Å². The maximum absolute atomic E-state index is 12.4. The van der Waals surface area contributed by atoms with Crippen molar-refractivity contribution in [1.29, 1.82) is 0 Å². The molecule has 1 atom stereocenters. The molecule has 0 aliphatic rings. The van der Waals surface area contributed by atoms with Crippen LogP contribution < -0.4 is 5.32 Å². The van der Waals surface area contributed by atoms with Crippen LogP contribution in [0.2, 0.25) is 5.02 Å². The van der Waals surface area contributed by atoms with E-state index < -0.39 is 17.7 Å². The molecule has 0 bridgehead atoms. The maximum Gasteiger partial charge on any atom is 0.407 e. The zero-order chi connectivity index (χ0) is 19.7. The number of rotatable bonds is 8. The third-order valence-corrected chi connectivity index (χ3v) is 3.58. The van der Waals surface area contributed by atoms with E-state index >= 15 is 0 Å². The van der Waals surface area contributed by atoms with Crippen LogP contribution in [0.3, 0.4) is 0 Å². The number of nitrogens with zero attached hydrogens (tertiary/aromatic N) is 1. The number of benzene rings is 1. The third-order valence-electron chi connectivity index (χ3n) is 3.33. The lowest BCUT2D eigenvalue weighted by Gasteiger charge is -2.25. The van der Waals surface area contributed by atoms with Crippen molar-refractivity contribution in [3.63, 3.8) is 0 Å². The molecule has 6 nitrogen and oxygen atoms in total. The largest absolute Gasteiger partial charge is 0.444 e. The topological polar surface area (TPSA) is 67.9 Å². The Labute approximate surface area is 160 Å². The Bertz CT molecular complexity index is 611. The minimum absolute atomic E-state index is 0.0591. The molecule has 0 aliphatic carbocycles. The molecule has 0 heterocycles. The van der Waals surface area contributed by atoms with E-state index in [1.165, 1.54) is 12.2 Å². The highest BCUT2D eigenvalue weighted by Gasteiger charge is 2.24. The van der Waals surface area contributed by atoms with Gasteiger partial charge in [0.15, 0.2) is 0 Å². The minimum atomic E-state index is -0.625. The molecule has 7 heteroatoms. The summed E-state index contributed by atoms with van der Waals surface area (Å²) in [6.45, 7) is 9.20. The summed E-state index contributed by atoms with van der Waals surface area (Å²) >= 11 is 5.91. The molecule has 2 amide bonds. The highest BCUT2D eigenvalue weighted by molar-refractivity contribution is 6.30. The van der Waals surface area contributed by atoms with Crippen LogP contribution in [-0.2, 0) is 20.8 Å². The second-order valence-corrected chi connectivity index (χ2v) is 7.24. The van der Waals surface area contributed by atoms with E-state index in [2.05, 4.69) is 11.9 Å². The Kier molecular flexibility index (Phi) is 8.61. The zero-order valence-electron chi connectivity index (χ0n) is 15.8.